The number of aromatic nitrogens is 1. The smallest absolute Gasteiger partial charge is 0.181 e. The fourth-order valence-electron chi connectivity index (χ4n) is 3.91. The molecular weight excluding hydrogens is 396 g/mol. The monoisotopic (exact) mass is 438 g/mol. The molecule has 5 heteroatoms. The SMILES string of the molecule is C=C(/N=C(\C)N)Nc1ccc(-c2cnco2)c(C)c1.CC1CCC1C.CC1CCCCC1. The first kappa shape index (κ1) is 25.7. The van der Waals surface area contributed by atoms with Crippen molar-refractivity contribution in [2.24, 2.45) is 28.5 Å². The van der Waals surface area contributed by atoms with Crippen molar-refractivity contribution < 1.29 is 4.42 Å². The molecule has 0 bridgehead atoms. The predicted octanol–water partition coefficient (Wildman–Crippen LogP) is 7.55. The van der Waals surface area contributed by atoms with Crippen LogP contribution in [-0.4, -0.2) is 10.8 Å². The van der Waals surface area contributed by atoms with Crippen molar-refractivity contribution in [3.05, 3.63) is 48.8 Å². The van der Waals surface area contributed by atoms with Gasteiger partial charge in [-0.2, -0.15) is 0 Å². The number of aliphatic imine (C=N–C) groups is 1. The van der Waals surface area contributed by atoms with E-state index in [0.717, 1.165) is 40.3 Å². The van der Waals surface area contributed by atoms with E-state index in [4.69, 9.17) is 10.2 Å². The molecule has 3 N–H and O–H groups in total. The van der Waals surface area contributed by atoms with Crippen LogP contribution in [0.5, 0.6) is 0 Å². The van der Waals surface area contributed by atoms with E-state index in [1.165, 1.54) is 51.3 Å². The van der Waals surface area contributed by atoms with Crippen molar-refractivity contribution in [2.45, 2.75) is 79.6 Å². The summed E-state index contributed by atoms with van der Waals surface area (Å²) in [5.41, 5.74) is 8.47. The molecule has 2 aliphatic carbocycles. The summed E-state index contributed by atoms with van der Waals surface area (Å²) in [4.78, 5) is 7.95. The number of amidine groups is 1. The highest BCUT2D eigenvalue weighted by atomic mass is 16.3. The Morgan fingerprint density at radius 3 is 2.16 bits per heavy atom. The summed E-state index contributed by atoms with van der Waals surface area (Å²) >= 11 is 0. The van der Waals surface area contributed by atoms with Crippen LogP contribution >= 0.6 is 0 Å². The highest BCUT2D eigenvalue weighted by molar-refractivity contribution is 5.79. The number of nitrogens with two attached hydrogens (primary N) is 1. The van der Waals surface area contributed by atoms with Gasteiger partial charge in [-0.1, -0.05) is 72.3 Å². The summed E-state index contributed by atoms with van der Waals surface area (Å²) in [6, 6.07) is 5.88. The van der Waals surface area contributed by atoms with E-state index < -0.39 is 0 Å². The average Bonchev–Trinajstić information content (AvgIpc) is 3.28. The number of aryl methyl sites for hydroxylation is 1. The Kier molecular flexibility index (Phi) is 10.5. The van der Waals surface area contributed by atoms with Gasteiger partial charge in [0.25, 0.3) is 0 Å². The van der Waals surface area contributed by atoms with Gasteiger partial charge in [-0.05, 0) is 55.4 Å². The van der Waals surface area contributed by atoms with E-state index >= 15 is 0 Å². The van der Waals surface area contributed by atoms with Crippen LogP contribution in [0, 0.1) is 24.7 Å². The molecular formula is C27H42N4O. The Hall–Kier alpha value is -2.56. The summed E-state index contributed by atoms with van der Waals surface area (Å²) < 4.78 is 5.29. The zero-order chi connectivity index (χ0) is 23.5. The van der Waals surface area contributed by atoms with Crippen molar-refractivity contribution in [3.63, 3.8) is 0 Å². The maximum Gasteiger partial charge on any atom is 0.181 e. The van der Waals surface area contributed by atoms with E-state index in [1.54, 1.807) is 13.1 Å². The largest absolute Gasteiger partial charge is 0.444 e. The van der Waals surface area contributed by atoms with Crippen molar-refractivity contribution in [1.29, 1.82) is 0 Å². The van der Waals surface area contributed by atoms with Gasteiger partial charge in [-0.25, -0.2) is 9.98 Å². The molecule has 0 aliphatic heterocycles. The van der Waals surface area contributed by atoms with E-state index in [-0.39, 0.29) is 0 Å². The minimum Gasteiger partial charge on any atom is -0.444 e. The van der Waals surface area contributed by atoms with Gasteiger partial charge < -0.3 is 15.5 Å². The zero-order valence-corrected chi connectivity index (χ0v) is 20.7. The second-order valence-electron chi connectivity index (χ2n) is 9.50. The molecule has 2 fully saturated rings. The minimum atomic E-state index is 0.465. The highest BCUT2D eigenvalue weighted by Gasteiger charge is 2.20. The van der Waals surface area contributed by atoms with Crippen molar-refractivity contribution in [3.8, 4) is 11.3 Å². The van der Waals surface area contributed by atoms with E-state index in [9.17, 15) is 0 Å². The number of oxazole rings is 1. The van der Waals surface area contributed by atoms with Crippen LogP contribution in [0.15, 0.2) is 52.6 Å². The first-order valence-corrected chi connectivity index (χ1v) is 12.0. The molecule has 2 saturated carbocycles. The Bertz CT molecular complexity index is 839. The molecule has 1 heterocycles. The lowest BCUT2D eigenvalue weighted by atomic mass is 9.77. The molecule has 176 valence electrons. The molecule has 2 aliphatic rings. The molecule has 0 amide bonds. The second kappa shape index (κ2) is 13.1. The average molecular weight is 439 g/mol. The van der Waals surface area contributed by atoms with Gasteiger partial charge >= 0.3 is 0 Å². The Morgan fingerprint density at radius 1 is 1.09 bits per heavy atom. The van der Waals surface area contributed by atoms with E-state index in [0.29, 0.717) is 11.7 Å². The van der Waals surface area contributed by atoms with Gasteiger partial charge in [0, 0.05) is 11.3 Å². The van der Waals surface area contributed by atoms with E-state index in [2.05, 4.69) is 42.6 Å². The van der Waals surface area contributed by atoms with Crippen LogP contribution in [0.3, 0.4) is 0 Å². The van der Waals surface area contributed by atoms with Gasteiger partial charge in [0.05, 0.1) is 12.0 Å². The third kappa shape index (κ3) is 8.89. The van der Waals surface area contributed by atoms with Crippen LogP contribution in [-0.2, 0) is 0 Å². The highest BCUT2D eigenvalue weighted by Crippen LogP contribution is 2.32. The van der Waals surface area contributed by atoms with Gasteiger partial charge in [0.2, 0.25) is 0 Å². The lowest BCUT2D eigenvalue weighted by molar-refractivity contribution is 0.219. The molecule has 0 radical (unpaired) electrons. The van der Waals surface area contributed by atoms with Crippen molar-refractivity contribution in [2.75, 3.05) is 5.32 Å². The van der Waals surface area contributed by atoms with Gasteiger partial charge in [-0.3, -0.25) is 0 Å². The minimum absolute atomic E-state index is 0.465. The normalized spacial score (nSPS) is 20.7. The molecule has 2 atom stereocenters. The van der Waals surface area contributed by atoms with Crippen LogP contribution in [0.2, 0.25) is 0 Å². The Balaban J connectivity index is 0.000000225. The lowest BCUT2D eigenvalue weighted by Crippen LogP contribution is -2.18. The summed E-state index contributed by atoms with van der Waals surface area (Å²) in [5, 5.41) is 3.08. The molecule has 32 heavy (non-hydrogen) atoms. The standard InChI is InChI=1S/C14H16N4O.C7H14.C6H12/c1-9-6-12(18-11(3)17-10(2)15)4-5-13(9)14-7-16-8-19-14;1-7-5-3-2-4-6-7;1-5-3-4-6(5)2/h4-8,18H,3H2,1-2H3,(H2,15,17);7H,2-6H2,1H3;5-6H,3-4H2,1-2H3. The lowest BCUT2D eigenvalue weighted by Gasteiger charge is -2.29. The third-order valence-corrected chi connectivity index (χ3v) is 6.47. The van der Waals surface area contributed by atoms with Crippen molar-refractivity contribution >= 4 is 11.5 Å². The first-order chi connectivity index (χ1) is 15.3. The number of rotatable bonds is 4. The molecule has 5 nitrogen and oxygen atoms in total. The summed E-state index contributed by atoms with van der Waals surface area (Å²) in [6.07, 6.45) is 13.5. The molecule has 2 aromatic rings. The Morgan fingerprint density at radius 2 is 1.75 bits per heavy atom. The summed E-state index contributed by atoms with van der Waals surface area (Å²) in [6.45, 7) is 14.5. The van der Waals surface area contributed by atoms with Crippen LogP contribution in [0.25, 0.3) is 11.3 Å². The van der Waals surface area contributed by atoms with Crippen LogP contribution in [0.1, 0.15) is 78.2 Å². The number of hydrogen-bond acceptors (Lipinski definition) is 4. The first-order valence-electron chi connectivity index (χ1n) is 12.0. The van der Waals surface area contributed by atoms with Gasteiger partial charge in [-0.15, -0.1) is 0 Å². The quantitative estimate of drug-likeness (QED) is 0.381. The fourth-order valence-corrected chi connectivity index (χ4v) is 3.91. The number of nitrogens with one attached hydrogen (secondary N) is 1. The summed E-state index contributed by atoms with van der Waals surface area (Å²) in [5.74, 6) is 4.82. The Labute approximate surface area is 194 Å². The molecule has 1 aromatic heterocycles. The number of anilines is 1. The molecule has 1 aromatic carbocycles. The van der Waals surface area contributed by atoms with Crippen molar-refractivity contribution in [1.82, 2.24) is 4.98 Å². The number of benzene rings is 1. The fraction of sp³-hybridized carbons (Fsp3) is 0.556. The van der Waals surface area contributed by atoms with E-state index in [1.807, 2.05) is 25.1 Å². The number of hydrogen-bond donors (Lipinski definition) is 2. The van der Waals surface area contributed by atoms with Gasteiger partial charge in [0.1, 0.15) is 5.82 Å². The molecule has 0 spiro atoms. The topological polar surface area (TPSA) is 76.4 Å². The predicted molar refractivity (Wildman–Crippen MR) is 137 cm³/mol. The van der Waals surface area contributed by atoms with Crippen LogP contribution in [0.4, 0.5) is 5.69 Å². The second-order valence-corrected chi connectivity index (χ2v) is 9.50. The van der Waals surface area contributed by atoms with Gasteiger partial charge in [0.15, 0.2) is 12.2 Å². The van der Waals surface area contributed by atoms with Crippen LogP contribution < -0.4 is 11.1 Å². The maximum atomic E-state index is 5.49. The third-order valence-electron chi connectivity index (χ3n) is 6.47. The summed E-state index contributed by atoms with van der Waals surface area (Å²) in [7, 11) is 0. The zero-order valence-electron chi connectivity index (χ0n) is 20.7. The maximum absolute atomic E-state index is 5.49. The molecule has 0 saturated heterocycles. The molecule has 4 rings (SSSR count). The number of nitrogens with zero attached hydrogens (tertiary/aromatic N) is 2. The molecule has 2 unspecified atom stereocenters.